The second-order valence-electron chi connectivity index (χ2n) is 2.84. The lowest BCUT2D eigenvalue weighted by Gasteiger charge is -2.02. The van der Waals surface area contributed by atoms with Crippen LogP contribution in [0.3, 0.4) is 0 Å². The van der Waals surface area contributed by atoms with E-state index in [1.165, 1.54) is 6.92 Å². The number of carbonyl (C=O) groups excluding carboxylic acids is 1. The van der Waals surface area contributed by atoms with Gasteiger partial charge in [-0.1, -0.05) is 0 Å². The molecule has 72 valence electrons. The van der Waals surface area contributed by atoms with E-state index in [4.69, 9.17) is 5.26 Å². The van der Waals surface area contributed by atoms with E-state index in [1.807, 2.05) is 0 Å². The van der Waals surface area contributed by atoms with Gasteiger partial charge in [-0.05, 0) is 25.1 Å². The molecule has 0 saturated heterocycles. The van der Waals surface area contributed by atoms with Gasteiger partial charge in [0.2, 0.25) is 0 Å². The van der Waals surface area contributed by atoms with Crippen molar-refractivity contribution in [1.29, 1.82) is 5.26 Å². The Balaban J connectivity index is 3.04. The maximum absolute atomic E-state index is 12.7. The van der Waals surface area contributed by atoms with Crippen LogP contribution in [0.15, 0.2) is 18.2 Å². The van der Waals surface area contributed by atoms with Gasteiger partial charge in [-0.25, -0.2) is 8.78 Å². The molecule has 14 heavy (non-hydrogen) atoms. The first-order valence-electron chi connectivity index (χ1n) is 3.95. The average Bonchev–Trinajstić information content (AvgIpc) is 2.20. The van der Waals surface area contributed by atoms with Gasteiger partial charge in [0, 0.05) is 5.56 Å². The van der Waals surface area contributed by atoms with Crippen molar-refractivity contribution in [3.05, 3.63) is 35.4 Å². The molecule has 4 heteroatoms. The van der Waals surface area contributed by atoms with Crippen molar-refractivity contribution in [3.63, 3.8) is 0 Å². The van der Waals surface area contributed by atoms with Crippen LogP contribution in [0.2, 0.25) is 0 Å². The van der Waals surface area contributed by atoms with Crippen molar-refractivity contribution in [2.24, 2.45) is 5.92 Å². The number of nitrogens with zero attached hydrogens (tertiary/aromatic N) is 1. The number of halogens is 2. The second-order valence-corrected chi connectivity index (χ2v) is 2.84. The smallest absolute Gasteiger partial charge is 0.179 e. The Kier molecular flexibility index (Phi) is 2.92. The Morgan fingerprint density at radius 2 is 2.07 bits per heavy atom. The third-order valence-electron chi connectivity index (χ3n) is 1.79. The predicted molar refractivity (Wildman–Crippen MR) is 45.5 cm³/mol. The number of ketones is 1. The maximum Gasteiger partial charge on any atom is 0.179 e. The van der Waals surface area contributed by atoms with E-state index < -0.39 is 23.3 Å². The molecule has 0 aliphatic rings. The molecule has 0 bridgehead atoms. The number of Topliss-reactive ketones (excluding diaryl/α,β-unsaturated/α-hetero) is 1. The van der Waals surface area contributed by atoms with Crippen LogP contribution in [0.1, 0.15) is 17.3 Å². The average molecular weight is 195 g/mol. The first-order chi connectivity index (χ1) is 6.56. The van der Waals surface area contributed by atoms with E-state index in [2.05, 4.69) is 0 Å². The quantitative estimate of drug-likeness (QED) is 0.679. The summed E-state index contributed by atoms with van der Waals surface area (Å²) in [6, 6.07) is 4.56. The topological polar surface area (TPSA) is 40.9 Å². The highest BCUT2D eigenvalue weighted by atomic mass is 19.2. The summed E-state index contributed by atoms with van der Waals surface area (Å²) in [6.07, 6.45) is 0. The fourth-order valence-corrected chi connectivity index (χ4v) is 0.958. The molecule has 0 N–H and O–H groups in total. The molecule has 1 aromatic carbocycles. The minimum absolute atomic E-state index is 0.0120. The van der Waals surface area contributed by atoms with Crippen LogP contribution < -0.4 is 0 Å². The fraction of sp³-hybridized carbons (Fsp3) is 0.200. The zero-order valence-electron chi connectivity index (χ0n) is 7.42. The van der Waals surface area contributed by atoms with Gasteiger partial charge < -0.3 is 0 Å². The summed E-state index contributed by atoms with van der Waals surface area (Å²) in [5.74, 6) is -3.45. The SMILES string of the molecule is CC(C#N)C(=O)c1ccc(F)c(F)c1. The monoisotopic (exact) mass is 195 g/mol. The van der Waals surface area contributed by atoms with Crippen molar-refractivity contribution in [1.82, 2.24) is 0 Å². The second kappa shape index (κ2) is 3.97. The zero-order valence-corrected chi connectivity index (χ0v) is 7.42. The van der Waals surface area contributed by atoms with E-state index in [0.717, 1.165) is 18.2 Å². The molecule has 0 saturated carbocycles. The van der Waals surface area contributed by atoms with Crippen LogP contribution in [0.4, 0.5) is 8.78 Å². The number of benzene rings is 1. The molecule has 1 unspecified atom stereocenters. The molecular formula is C10H7F2NO. The third kappa shape index (κ3) is 1.94. The summed E-state index contributed by atoms with van der Waals surface area (Å²) in [5.41, 5.74) is 0.0120. The molecule has 0 fully saturated rings. The highest BCUT2D eigenvalue weighted by molar-refractivity contribution is 5.99. The van der Waals surface area contributed by atoms with Gasteiger partial charge in [0.25, 0.3) is 0 Å². The van der Waals surface area contributed by atoms with Gasteiger partial charge in [-0.15, -0.1) is 0 Å². The lowest BCUT2D eigenvalue weighted by molar-refractivity contribution is 0.0956. The maximum atomic E-state index is 12.7. The lowest BCUT2D eigenvalue weighted by Crippen LogP contribution is -2.09. The molecule has 0 aliphatic heterocycles. The summed E-state index contributed by atoms with van der Waals surface area (Å²) in [6.45, 7) is 1.41. The van der Waals surface area contributed by atoms with E-state index in [1.54, 1.807) is 6.07 Å². The van der Waals surface area contributed by atoms with Crippen LogP contribution in [0, 0.1) is 28.9 Å². The molecule has 0 heterocycles. The van der Waals surface area contributed by atoms with Crippen molar-refractivity contribution in [3.8, 4) is 6.07 Å². The summed E-state index contributed by atoms with van der Waals surface area (Å²) in [7, 11) is 0. The zero-order chi connectivity index (χ0) is 10.7. The third-order valence-corrected chi connectivity index (χ3v) is 1.79. The highest BCUT2D eigenvalue weighted by Crippen LogP contribution is 2.12. The first kappa shape index (κ1) is 10.3. The molecular weight excluding hydrogens is 188 g/mol. The molecule has 1 rings (SSSR count). The summed E-state index contributed by atoms with van der Waals surface area (Å²) in [5, 5.41) is 8.45. The Morgan fingerprint density at radius 3 is 2.57 bits per heavy atom. The molecule has 1 atom stereocenters. The molecule has 1 aromatic rings. The van der Waals surface area contributed by atoms with Crippen LogP contribution in [-0.2, 0) is 0 Å². The highest BCUT2D eigenvalue weighted by Gasteiger charge is 2.15. The van der Waals surface area contributed by atoms with Crippen LogP contribution >= 0.6 is 0 Å². The van der Waals surface area contributed by atoms with Crippen LogP contribution in [0.5, 0.6) is 0 Å². The summed E-state index contributed by atoms with van der Waals surface area (Å²) >= 11 is 0. The number of hydrogen-bond donors (Lipinski definition) is 0. The number of carbonyl (C=O) groups is 1. The van der Waals surface area contributed by atoms with E-state index in [0.29, 0.717) is 0 Å². The van der Waals surface area contributed by atoms with E-state index in [-0.39, 0.29) is 5.56 Å². The largest absolute Gasteiger partial charge is 0.293 e. The summed E-state index contributed by atoms with van der Waals surface area (Å²) in [4.78, 5) is 11.3. The first-order valence-corrected chi connectivity index (χ1v) is 3.95. The Morgan fingerprint density at radius 1 is 1.43 bits per heavy atom. The molecule has 0 aliphatic carbocycles. The van der Waals surface area contributed by atoms with Gasteiger partial charge in [0.05, 0.1) is 6.07 Å². The molecule has 2 nitrogen and oxygen atoms in total. The lowest BCUT2D eigenvalue weighted by atomic mass is 10.0. The van der Waals surface area contributed by atoms with Gasteiger partial charge in [0.1, 0.15) is 5.92 Å². The normalized spacial score (nSPS) is 11.9. The van der Waals surface area contributed by atoms with Crippen molar-refractivity contribution in [2.75, 3.05) is 0 Å². The van der Waals surface area contributed by atoms with Gasteiger partial charge >= 0.3 is 0 Å². The number of nitriles is 1. The fourth-order valence-electron chi connectivity index (χ4n) is 0.958. The van der Waals surface area contributed by atoms with E-state index >= 15 is 0 Å². The standard InChI is InChI=1S/C10H7F2NO/c1-6(5-13)10(14)7-2-3-8(11)9(12)4-7/h2-4,6H,1H3. The van der Waals surface area contributed by atoms with Crippen LogP contribution in [0.25, 0.3) is 0 Å². The molecule has 0 radical (unpaired) electrons. The molecule has 0 spiro atoms. The number of rotatable bonds is 2. The number of hydrogen-bond acceptors (Lipinski definition) is 2. The Hall–Kier alpha value is -1.76. The summed E-state index contributed by atoms with van der Waals surface area (Å²) < 4.78 is 25.2. The minimum Gasteiger partial charge on any atom is -0.293 e. The van der Waals surface area contributed by atoms with Crippen molar-refractivity contribution in [2.45, 2.75) is 6.92 Å². The van der Waals surface area contributed by atoms with Crippen molar-refractivity contribution >= 4 is 5.78 Å². The molecule has 0 aromatic heterocycles. The Bertz CT molecular complexity index is 409. The van der Waals surface area contributed by atoms with Gasteiger partial charge in [-0.2, -0.15) is 5.26 Å². The predicted octanol–water partition coefficient (Wildman–Crippen LogP) is 2.31. The van der Waals surface area contributed by atoms with Gasteiger partial charge in [-0.3, -0.25) is 4.79 Å². The minimum atomic E-state index is -1.08. The molecule has 0 amide bonds. The van der Waals surface area contributed by atoms with E-state index in [9.17, 15) is 13.6 Å². The van der Waals surface area contributed by atoms with Crippen molar-refractivity contribution < 1.29 is 13.6 Å². The van der Waals surface area contributed by atoms with Gasteiger partial charge in [0.15, 0.2) is 17.4 Å². The Labute approximate surface area is 79.8 Å². The van der Waals surface area contributed by atoms with Crippen LogP contribution in [-0.4, -0.2) is 5.78 Å².